The lowest BCUT2D eigenvalue weighted by Gasteiger charge is -2.53. The van der Waals surface area contributed by atoms with Crippen molar-refractivity contribution in [2.45, 2.75) is 90.5 Å². The van der Waals surface area contributed by atoms with Gasteiger partial charge in [-0.3, -0.25) is 4.79 Å². The van der Waals surface area contributed by atoms with Crippen LogP contribution in [0.25, 0.3) is 0 Å². The molecule has 146 valence electrons. The van der Waals surface area contributed by atoms with Crippen LogP contribution in [0.15, 0.2) is 0 Å². The Morgan fingerprint density at radius 1 is 1.28 bits per heavy atom. The van der Waals surface area contributed by atoms with Crippen LogP contribution < -0.4 is 0 Å². The Morgan fingerprint density at radius 2 is 1.96 bits per heavy atom. The summed E-state index contributed by atoms with van der Waals surface area (Å²) in [5.74, 6) is 1.06. The molecule has 0 aromatic heterocycles. The van der Waals surface area contributed by atoms with Gasteiger partial charge in [-0.05, 0) is 56.8 Å². The van der Waals surface area contributed by atoms with E-state index < -0.39 is 5.60 Å². The van der Waals surface area contributed by atoms with E-state index in [1.54, 1.807) is 0 Å². The van der Waals surface area contributed by atoms with Gasteiger partial charge in [0.25, 0.3) is 0 Å². The molecule has 2 bridgehead atoms. The molecule has 0 radical (unpaired) electrons. The molecule has 6 atom stereocenters. The van der Waals surface area contributed by atoms with E-state index in [1.165, 1.54) is 6.42 Å². The highest BCUT2D eigenvalue weighted by Crippen LogP contribution is 2.52. The molecule has 2 rings (SSSR count). The van der Waals surface area contributed by atoms with Crippen molar-refractivity contribution < 1.29 is 19.0 Å². The summed E-state index contributed by atoms with van der Waals surface area (Å²) in [4.78, 5) is 12.2. The highest BCUT2D eigenvalue weighted by molar-refractivity contribution is 7.19. The first kappa shape index (κ1) is 21.1. The average Bonchev–Trinajstić information content (AvgIpc) is 2.40. The molecule has 0 heterocycles. The smallest absolute Gasteiger partial charge is 0.313 e. The summed E-state index contributed by atoms with van der Waals surface area (Å²) in [6.45, 7) is 13.7. The number of fused-ring (bicyclic) bond motifs is 2. The molecule has 2 aliphatic carbocycles. The summed E-state index contributed by atoms with van der Waals surface area (Å²) in [5, 5.41) is 0. The molecule has 0 spiro atoms. The fourth-order valence-corrected chi connectivity index (χ4v) is 4.81. The van der Waals surface area contributed by atoms with Crippen molar-refractivity contribution in [3.05, 3.63) is 0 Å². The molecule has 5 heteroatoms. The number of carbonyl (C=O) groups excluding carboxylic acids is 1. The molecule has 25 heavy (non-hydrogen) atoms. The highest BCUT2D eigenvalue weighted by atomic mass is 31.0. The minimum Gasteiger partial charge on any atom is -0.459 e. The van der Waals surface area contributed by atoms with E-state index in [-0.39, 0.29) is 22.6 Å². The van der Waals surface area contributed by atoms with Gasteiger partial charge in [-0.15, -0.1) is 9.24 Å². The standard InChI is InChI=1S/C20H37O4P/c1-14-7-16-9-19(6,24-17(21)15(2)25)11-20(8-14,10-16)23-13-22-12-18(3,4)5/h14-16H,7-13,25H2,1-6H3. The predicted octanol–water partition coefficient (Wildman–Crippen LogP) is 4.56. The zero-order valence-corrected chi connectivity index (χ0v) is 18.0. The van der Waals surface area contributed by atoms with Gasteiger partial charge in [0.15, 0.2) is 0 Å². The van der Waals surface area contributed by atoms with E-state index >= 15 is 0 Å². The quantitative estimate of drug-likeness (QED) is 0.297. The molecule has 0 amide bonds. The minimum absolute atomic E-state index is 0.134. The van der Waals surface area contributed by atoms with E-state index in [1.807, 2.05) is 6.92 Å². The predicted molar refractivity (Wildman–Crippen MR) is 103 cm³/mol. The van der Waals surface area contributed by atoms with Gasteiger partial charge < -0.3 is 14.2 Å². The normalized spacial score (nSPS) is 36.8. The third-order valence-corrected chi connectivity index (χ3v) is 5.51. The number of rotatable bonds is 6. The van der Waals surface area contributed by atoms with E-state index in [4.69, 9.17) is 14.2 Å². The molecule has 2 saturated carbocycles. The third-order valence-electron chi connectivity index (χ3n) is 5.24. The van der Waals surface area contributed by atoms with Crippen molar-refractivity contribution >= 4 is 15.2 Å². The van der Waals surface area contributed by atoms with E-state index in [0.717, 1.165) is 25.7 Å². The molecule has 0 aliphatic heterocycles. The Kier molecular flexibility index (Phi) is 6.61. The molecule has 0 aromatic carbocycles. The molecule has 0 saturated heterocycles. The third kappa shape index (κ3) is 6.19. The van der Waals surface area contributed by atoms with Crippen molar-refractivity contribution in [3.8, 4) is 0 Å². The van der Waals surface area contributed by atoms with Crippen LogP contribution in [0.3, 0.4) is 0 Å². The first-order valence-corrected chi connectivity index (χ1v) is 10.3. The molecular formula is C20H37O4P. The Morgan fingerprint density at radius 3 is 2.56 bits per heavy atom. The van der Waals surface area contributed by atoms with Crippen LogP contribution in [-0.4, -0.2) is 36.2 Å². The lowest BCUT2D eigenvalue weighted by molar-refractivity contribution is -0.224. The van der Waals surface area contributed by atoms with Gasteiger partial charge in [0, 0.05) is 6.42 Å². The summed E-state index contributed by atoms with van der Waals surface area (Å²) in [5.41, 5.74) is -0.703. The molecule has 2 fully saturated rings. The number of carbonyl (C=O) groups is 1. The number of hydrogen-bond acceptors (Lipinski definition) is 4. The minimum atomic E-state index is -0.436. The Hall–Kier alpha value is -0.180. The van der Waals surface area contributed by atoms with Crippen LogP contribution in [0.4, 0.5) is 0 Å². The molecule has 2 aliphatic rings. The van der Waals surface area contributed by atoms with Gasteiger partial charge in [0.05, 0.1) is 17.9 Å². The van der Waals surface area contributed by atoms with Gasteiger partial charge in [-0.2, -0.15) is 0 Å². The Balaban J connectivity index is 2.03. The zero-order valence-electron chi connectivity index (χ0n) is 16.9. The second-order valence-corrected chi connectivity index (χ2v) is 11.0. The SMILES string of the molecule is CC1CC2CC(C)(OC(=O)C(C)P)CC(OCOCC(C)(C)C)(C1)C2. The van der Waals surface area contributed by atoms with Gasteiger partial charge in [0.2, 0.25) is 0 Å². The largest absolute Gasteiger partial charge is 0.459 e. The second kappa shape index (κ2) is 7.82. The maximum absolute atomic E-state index is 12.2. The molecular weight excluding hydrogens is 335 g/mol. The number of ether oxygens (including phenoxy) is 3. The first-order chi connectivity index (χ1) is 11.4. The summed E-state index contributed by atoms with van der Waals surface area (Å²) < 4.78 is 18.0. The van der Waals surface area contributed by atoms with E-state index in [0.29, 0.717) is 25.2 Å². The lowest BCUT2D eigenvalue weighted by Crippen LogP contribution is -2.54. The van der Waals surface area contributed by atoms with Crippen molar-refractivity contribution in [2.24, 2.45) is 17.3 Å². The molecule has 0 N–H and O–H groups in total. The Bertz CT molecular complexity index is 469. The van der Waals surface area contributed by atoms with Crippen molar-refractivity contribution in [2.75, 3.05) is 13.4 Å². The van der Waals surface area contributed by atoms with Crippen LogP contribution in [-0.2, 0) is 19.0 Å². The second-order valence-electron chi connectivity index (χ2n) is 10.0. The van der Waals surface area contributed by atoms with Crippen LogP contribution >= 0.6 is 9.24 Å². The first-order valence-electron chi connectivity index (χ1n) is 9.62. The maximum Gasteiger partial charge on any atom is 0.313 e. The van der Waals surface area contributed by atoms with Gasteiger partial charge in [-0.1, -0.05) is 27.7 Å². The van der Waals surface area contributed by atoms with E-state index in [9.17, 15) is 4.79 Å². The highest BCUT2D eigenvalue weighted by Gasteiger charge is 2.52. The van der Waals surface area contributed by atoms with Gasteiger partial charge in [0.1, 0.15) is 12.4 Å². The summed E-state index contributed by atoms with van der Waals surface area (Å²) in [7, 11) is 2.53. The van der Waals surface area contributed by atoms with Crippen molar-refractivity contribution in [3.63, 3.8) is 0 Å². The number of hydrogen-bond donors (Lipinski definition) is 0. The topological polar surface area (TPSA) is 44.8 Å². The van der Waals surface area contributed by atoms with Crippen LogP contribution in [0.1, 0.15) is 73.6 Å². The van der Waals surface area contributed by atoms with Crippen LogP contribution in [0.5, 0.6) is 0 Å². The van der Waals surface area contributed by atoms with Gasteiger partial charge in [-0.25, -0.2) is 0 Å². The van der Waals surface area contributed by atoms with Gasteiger partial charge >= 0.3 is 5.97 Å². The van der Waals surface area contributed by atoms with Crippen molar-refractivity contribution in [1.29, 1.82) is 0 Å². The fourth-order valence-electron chi connectivity index (χ4n) is 4.74. The molecule has 4 nitrogen and oxygen atoms in total. The fraction of sp³-hybridized carbons (Fsp3) is 0.950. The zero-order chi connectivity index (χ0) is 18.9. The maximum atomic E-state index is 12.2. The lowest BCUT2D eigenvalue weighted by atomic mass is 9.61. The Labute approximate surface area is 155 Å². The van der Waals surface area contributed by atoms with Crippen LogP contribution in [0, 0.1) is 17.3 Å². The average molecular weight is 372 g/mol. The monoisotopic (exact) mass is 372 g/mol. The summed E-state index contributed by atoms with van der Waals surface area (Å²) in [6.07, 6.45) is 4.97. The van der Waals surface area contributed by atoms with Crippen molar-refractivity contribution in [1.82, 2.24) is 0 Å². The summed E-state index contributed by atoms with van der Waals surface area (Å²) in [6, 6.07) is 0. The van der Waals surface area contributed by atoms with Crippen LogP contribution in [0.2, 0.25) is 0 Å². The molecule has 6 unspecified atom stereocenters. The van der Waals surface area contributed by atoms with E-state index in [2.05, 4.69) is 43.9 Å². The summed E-state index contributed by atoms with van der Waals surface area (Å²) >= 11 is 0. The number of esters is 1. The molecule has 0 aromatic rings.